The van der Waals surface area contributed by atoms with Gasteiger partial charge in [0.05, 0.1) is 11.9 Å². The van der Waals surface area contributed by atoms with E-state index in [4.69, 9.17) is 11.6 Å². The zero-order valence-corrected chi connectivity index (χ0v) is 15.9. The zero-order chi connectivity index (χ0) is 18.4. The van der Waals surface area contributed by atoms with Crippen LogP contribution in [-0.2, 0) is 6.42 Å². The van der Waals surface area contributed by atoms with Gasteiger partial charge in [-0.1, -0.05) is 30.7 Å². The Balaban J connectivity index is 1.48. The van der Waals surface area contributed by atoms with Crippen LogP contribution in [-0.4, -0.2) is 55.1 Å². The predicted molar refractivity (Wildman–Crippen MR) is 106 cm³/mol. The molecule has 0 aliphatic carbocycles. The smallest absolute Gasteiger partial charge is 0.269 e. The average molecular weight is 373 g/mol. The molecule has 1 aromatic carbocycles. The molecule has 0 saturated carbocycles. The maximum Gasteiger partial charge on any atom is 0.269 e. The lowest BCUT2D eigenvalue weighted by Crippen LogP contribution is -2.46. The van der Waals surface area contributed by atoms with Crippen LogP contribution in [0.2, 0.25) is 5.02 Å². The lowest BCUT2D eigenvalue weighted by Gasteiger charge is -2.35. The molecule has 2 heterocycles. The quantitative estimate of drug-likeness (QED) is 0.847. The summed E-state index contributed by atoms with van der Waals surface area (Å²) in [5, 5.41) is 3.64. The number of carbonyl (C=O) groups is 1. The highest BCUT2D eigenvalue weighted by Gasteiger charge is 2.16. The van der Waals surface area contributed by atoms with E-state index in [1.165, 1.54) is 0 Å². The lowest BCUT2D eigenvalue weighted by molar-refractivity contribution is 0.0949. The van der Waals surface area contributed by atoms with Gasteiger partial charge in [0.1, 0.15) is 5.69 Å². The van der Waals surface area contributed by atoms with Crippen molar-refractivity contribution >= 4 is 23.2 Å². The normalized spacial score (nSPS) is 15.1. The first-order valence-corrected chi connectivity index (χ1v) is 9.49. The van der Waals surface area contributed by atoms with Gasteiger partial charge in [-0.05, 0) is 42.8 Å². The second-order valence-electron chi connectivity index (χ2n) is 6.46. The number of hydrogen-bond donors (Lipinski definition) is 1. The second kappa shape index (κ2) is 9.01. The monoisotopic (exact) mass is 372 g/mol. The van der Waals surface area contributed by atoms with Gasteiger partial charge >= 0.3 is 0 Å². The Morgan fingerprint density at radius 2 is 1.85 bits per heavy atom. The summed E-state index contributed by atoms with van der Waals surface area (Å²) in [6.07, 6.45) is 2.57. The molecule has 0 radical (unpaired) electrons. The number of halogens is 1. The van der Waals surface area contributed by atoms with Crippen LogP contribution in [0.5, 0.6) is 0 Å². The SMILES string of the molecule is CCN1CCN(c2ccc(C(=O)NCCc3ccc(Cl)cc3)nc2)CC1. The third-order valence-electron chi connectivity index (χ3n) is 4.78. The van der Waals surface area contributed by atoms with Crippen molar-refractivity contribution in [3.63, 3.8) is 0 Å². The maximum atomic E-state index is 12.2. The van der Waals surface area contributed by atoms with Gasteiger partial charge in [0.25, 0.3) is 5.91 Å². The van der Waals surface area contributed by atoms with E-state index in [-0.39, 0.29) is 5.91 Å². The summed E-state index contributed by atoms with van der Waals surface area (Å²) in [6, 6.07) is 11.5. The van der Waals surface area contributed by atoms with Crippen molar-refractivity contribution in [2.75, 3.05) is 44.2 Å². The number of carbonyl (C=O) groups excluding carboxylic acids is 1. The van der Waals surface area contributed by atoms with Crippen molar-refractivity contribution in [3.05, 3.63) is 58.9 Å². The fourth-order valence-corrected chi connectivity index (χ4v) is 3.22. The molecule has 0 unspecified atom stereocenters. The zero-order valence-electron chi connectivity index (χ0n) is 15.1. The Labute approximate surface area is 160 Å². The fourth-order valence-electron chi connectivity index (χ4n) is 3.09. The molecule has 1 saturated heterocycles. The lowest BCUT2D eigenvalue weighted by atomic mass is 10.1. The van der Waals surface area contributed by atoms with Gasteiger partial charge in [0, 0.05) is 37.7 Å². The van der Waals surface area contributed by atoms with Crippen LogP contribution in [0.3, 0.4) is 0 Å². The Morgan fingerprint density at radius 3 is 2.46 bits per heavy atom. The summed E-state index contributed by atoms with van der Waals surface area (Å²) in [6.45, 7) is 8.01. The molecular formula is C20H25ClN4O. The maximum absolute atomic E-state index is 12.2. The number of amides is 1. The number of pyridine rings is 1. The van der Waals surface area contributed by atoms with Crippen LogP contribution >= 0.6 is 11.6 Å². The van der Waals surface area contributed by atoms with E-state index < -0.39 is 0 Å². The number of hydrogen-bond acceptors (Lipinski definition) is 4. The van der Waals surface area contributed by atoms with Crippen molar-refractivity contribution in [3.8, 4) is 0 Å². The summed E-state index contributed by atoms with van der Waals surface area (Å²) in [4.78, 5) is 21.3. The Hall–Kier alpha value is -2.11. The molecule has 0 spiro atoms. The van der Waals surface area contributed by atoms with Crippen molar-refractivity contribution in [2.45, 2.75) is 13.3 Å². The molecule has 1 amide bonds. The van der Waals surface area contributed by atoms with Crippen LogP contribution in [0.4, 0.5) is 5.69 Å². The minimum Gasteiger partial charge on any atom is -0.368 e. The highest BCUT2D eigenvalue weighted by atomic mass is 35.5. The van der Waals surface area contributed by atoms with Gasteiger partial charge in [-0.25, -0.2) is 4.98 Å². The molecule has 0 atom stereocenters. The first-order chi connectivity index (χ1) is 12.7. The van der Waals surface area contributed by atoms with E-state index in [1.807, 2.05) is 30.3 Å². The third-order valence-corrected chi connectivity index (χ3v) is 5.03. The molecule has 5 nitrogen and oxygen atoms in total. The van der Waals surface area contributed by atoms with E-state index in [1.54, 1.807) is 12.3 Å². The first-order valence-electron chi connectivity index (χ1n) is 9.11. The molecule has 138 valence electrons. The molecule has 1 aliphatic rings. The minimum absolute atomic E-state index is 0.138. The fraction of sp³-hybridized carbons (Fsp3) is 0.400. The topological polar surface area (TPSA) is 48.5 Å². The number of piperazine rings is 1. The number of nitrogens with one attached hydrogen (secondary N) is 1. The number of nitrogens with zero attached hydrogens (tertiary/aromatic N) is 3. The number of likely N-dealkylation sites (N-methyl/N-ethyl adjacent to an activating group) is 1. The van der Waals surface area contributed by atoms with Crippen molar-refractivity contribution in [1.29, 1.82) is 0 Å². The van der Waals surface area contributed by atoms with Crippen LogP contribution < -0.4 is 10.2 Å². The van der Waals surface area contributed by atoms with Crippen molar-refractivity contribution in [2.24, 2.45) is 0 Å². The van der Waals surface area contributed by atoms with Crippen LogP contribution in [0, 0.1) is 0 Å². The highest BCUT2D eigenvalue weighted by Crippen LogP contribution is 2.15. The molecule has 6 heteroatoms. The first kappa shape index (κ1) is 18.7. The number of rotatable bonds is 6. The number of aromatic nitrogens is 1. The highest BCUT2D eigenvalue weighted by molar-refractivity contribution is 6.30. The van der Waals surface area contributed by atoms with Crippen molar-refractivity contribution in [1.82, 2.24) is 15.2 Å². The average Bonchev–Trinajstić information content (AvgIpc) is 2.69. The van der Waals surface area contributed by atoms with Gasteiger partial charge in [-0.2, -0.15) is 0 Å². The minimum atomic E-state index is -0.138. The van der Waals surface area contributed by atoms with Gasteiger partial charge < -0.3 is 15.1 Å². The number of anilines is 1. The molecule has 1 fully saturated rings. The Bertz CT molecular complexity index is 710. The number of benzene rings is 1. The summed E-state index contributed by atoms with van der Waals surface area (Å²) in [5.74, 6) is -0.138. The molecule has 2 aromatic rings. The van der Waals surface area contributed by atoms with Crippen LogP contribution in [0.25, 0.3) is 0 Å². The van der Waals surface area contributed by atoms with E-state index in [0.29, 0.717) is 12.2 Å². The summed E-state index contributed by atoms with van der Waals surface area (Å²) < 4.78 is 0. The second-order valence-corrected chi connectivity index (χ2v) is 6.89. The van der Waals surface area contributed by atoms with E-state index in [9.17, 15) is 4.79 Å². The van der Waals surface area contributed by atoms with Gasteiger partial charge in [-0.15, -0.1) is 0 Å². The molecule has 0 bridgehead atoms. The standard InChI is InChI=1S/C20H25ClN4O/c1-2-24-11-13-25(14-12-24)18-7-8-19(23-15-18)20(26)22-10-9-16-3-5-17(21)6-4-16/h3-8,15H,2,9-14H2,1H3,(H,22,26). The van der Waals surface area contributed by atoms with E-state index in [2.05, 4.69) is 27.0 Å². The molecule has 3 rings (SSSR count). The Kier molecular flexibility index (Phi) is 6.47. The van der Waals surface area contributed by atoms with Gasteiger partial charge in [0.15, 0.2) is 0 Å². The third kappa shape index (κ3) is 4.96. The molecular weight excluding hydrogens is 348 g/mol. The summed E-state index contributed by atoms with van der Waals surface area (Å²) in [7, 11) is 0. The Morgan fingerprint density at radius 1 is 1.12 bits per heavy atom. The van der Waals surface area contributed by atoms with Crippen molar-refractivity contribution < 1.29 is 4.79 Å². The van der Waals surface area contributed by atoms with Gasteiger partial charge in [0.2, 0.25) is 0 Å². The van der Waals surface area contributed by atoms with Crippen LogP contribution in [0.1, 0.15) is 23.0 Å². The van der Waals surface area contributed by atoms with E-state index >= 15 is 0 Å². The predicted octanol–water partition coefficient (Wildman–Crippen LogP) is 2.85. The summed E-state index contributed by atoms with van der Waals surface area (Å²) in [5.41, 5.74) is 2.68. The summed E-state index contributed by atoms with van der Waals surface area (Å²) >= 11 is 5.88. The van der Waals surface area contributed by atoms with Gasteiger partial charge in [-0.3, -0.25) is 4.79 Å². The molecule has 26 heavy (non-hydrogen) atoms. The largest absolute Gasteiger partial charge is 0.368 e. The molecule has 1 N–H and O–H groups in total. The molecule has 1 aliphatic heterocycles. The van der Waals surface area contributed by atoms with Crippen LogP contribution in [0.15, 0.2) is 42.6 Å². The van der Waals surface area contributed by atoms with E-state index in [0.717, 1.165) is 55.4 Å². The molecule has 1 aromatic heterocycles.